The third-order valence-electron chi connectivity index (χ3n) is 5.13. The average molecular weight is 424 g/mol. The van der Waals surface area contributed by atoms with Crippen molar-refractivity contribution in [1.29, 1.82) is 0 Å². The minimum atomic E-state index is -3.91. The van der Waals surface area contributed by atoms with Gasteiger partial charge in [0.05, 0.1) is 31.1 Å². The Balaban J connectivity index is 1.96. The van der Waals surface area contributed by atoms with Crippen molar-refractivity contribution in [3.05, 3.63) is 41.5 Å². The molecule has 1 N–H and O–H groups in total. The van der Waals surface area contributed by atoms with Crippen LogP contribution in [0.25, 0.3) is 0 Å². The highest BCUT2D eigenvalue weighted by molar-refractivity contribution is 7.93. The Morgan fingerprint density at radius 2 is 1.90 bits per heavy atom. The number of anilines is 1. The second-order valence-electron chi connectivity index (χ2n) is 8.30. The number of benzene rings is 1. The van der Waals surface area contributed by atoms with E-state index in [1.54, 1.807) is 19.1 Å². The first kappa shape index (κ1) is 21.8. The SMILES string of the molecule is CCOC(=O)C1=CC2(CCC1S(=O)(=O)Nc1ccccc1C(C)(C)C)OCCO2. The zero-order chi connectivity index (χ0) is 21.3. The van der Waals surface area contributed by atoms with Crippen molar-refractivity contribution in [2.45, 2.75) is 57.0 Å². The van der Waals surface area contributed by atoms with E-state index < -0.39 is 27.0 Å². The van der Waals surface area contributed by atoms with Crippen LogP contribution in [0, 0.1) is 0 Å². The lowest BCUT2D eigenvalue weighted by atomic mass is 9.86. The Morgan fingerprint density at radius 3 is 2.52 bits per heavy atom. The number of nitrogens with one attached hydrogen (secondary N) is 1. The van der Waals surface area contributed by atoms with E-state index in [4.69, 9.17) is 14.2 Å². The molecule has 0 saturated carbocycles. The second kappa shape index (κ2) is 8.08. The molecule has 1 saturated heterocycles. The Kier molecular flexibility index (Phi) is 6.08. The van der Waals surface area contributed by atoms with Gasteiger partial charge in [0.25, 0.3) is 0 Å². The van der Waals surface area contributed by atoms with E-state index in [-0.39, 0.29) is 24.0 Å². The minimum Gasteiger partial charge on any atom is -0.463 e. The Labute approximate surface area is 172 Å². The summed E-state index contributed by atoms with van der Waals surface area (Å²) in [5.74, 6) is -1.71. The zero-order valence-corrected chi connectivity index (χ0v) is 18.2. The molecule has 1 heterocycles. The maximum absolute atomic E-state index is 13.3. The number of hydrogen-bond acceptors (Lipinski definition) is 6. The van der Waals surface area contributed by atoms with Gasteiger partial charge in [-0.25, -0.2) is 13.2 Å². The third kappa shape index (κ3) is 4.65. The molecule has 0 radical (unpaired) electrons. The molecule has 1 atom stereocenters. The molecular formula is C21H29NO6S. The zero-order valence-electron chi connectivity index (χ0n) is 17.4. The normalized spacial score (nSPS) is 21.7. The Morgan fingerprint density at radius 1 is 1.24 bits per heavy atom. The van der Waals surface area contributed by atoms with Gasteiger partial charge in [0.2, 0.25) is 10.0 Å². The fraction of sp³-hybridized carbons (Fsp3) is 0.571. The summed E-state index contributed by atoms with van der Waals surface area (Å²) in [5, 5.41) is -1.05. The molecule has 0 aromatic heterocycles. The number of para-hydroxylation sites is 1. The van der Waals surface area contributed by atoms with Crippen LogP contribution in [-0.2, 0) is 34.4 Å². The van der Waals surface area contributed by atoms with Crippen LogP contribution in [0.4, 0.5) is 5.69 Å². The second-order valence-corrected chi connectivity index (χ2v) is 10.2. The topological polar surface area (TPSA) is 90.9 Å². The fourth-order valence-electron chi connectivity index (χ4n) is 3.77. The van der Waals surface area contributed by atoms with Crippen molar-refractivity contribution in [3.8, 4) is 0 Å². The standard InChI is InChI=1S/C21H29NO6S/c1-5-26-19(23)15-14-21(27-12-13-28-21)11-10-18(15)29(24,25)22-17-9-7-6-8-16(17)20(2,3)4/h6-9,14,18,22H,5,10-13H2,1-4H3. The molecule has 1 spiro atoms. The minimum absolute atomic E-state index is 0.0562. The average Bonchev–Trinajstić information content (AvgIpc) is 3.08. The number of carbonyl (C=O) groups is 1. The summed E-state index contributed by atoms with van der Waals surface area (Å²) in [7, 11) is -3.91. The molecule has 0 bridgehead atoms. The summed E-state index contributed by atoms with van der Waals surface area (Å²) in [6.45, 7) is 8.69. The van der Waals surface area contributed by atoms with E-state index in [0.717, 1.165) is 5.56 Å². The van der Waals surface area contributed by atoms with Crippen molar-refractivity contribution in [2.24, 2.45) is 0 Å². The maximum Gasteiger partial charge on any atom is 0.335 e. The van der Waals surface area contributed by atoms with Gasteiger partial charge in [-0.05, 0) is 36.5 Å². The number of ether oxygens (including phenoxy) is 3. The number of hydrogen-bond donors (Lipinski definition) is 1. The first-order chi connectivity index (χ1) is 13.6. The summed E-state index contributed by atoms with van der Waals surface area (Å²) >= 11 is 0. The highest BCUT2D eigenvalue weighted by atomic mass is 32.2. The summed E-state index contributed by atoms with van der Waals surface area (Å²) < 4.78 is 45.8. The molecule has 1 unspecified atom stereocenters. The summed E-state index contributed by atoms with van der Waals surface area (Å²) in [4.78, 5) is 12.6. The van der Waals surface area contributed by atoms with Gasteiger partial charge in [-0.3, -0.25) is 4.72 Å². The monoisotopic (exact) mass is 423 g/mol. The molecule has 7 nitrogen and oxygen atoms in total. The van der Waals surface area contributed by atoms with Crippen LogP contribution in [0.3, 0.4) is 0 Å². The van der Waals surface area contributed by atoms with Gasteiger partial charge >= 0.3 is 5.97 Å². The van der Waals surface area contributed by atoms with Gasteiger partial charge in [-0.1, -0.05) is 39.0 Å². The summed E-state index contributed by atoms with van der Waals surface area (Å²) in [6, 6.07) is 7.29. The molecule has 1 aromatic rings. The number of rotatable bonds is 5. The van der Waals surface area contributed by atoms with E-state index in [9.17, 15) is 13.2 Å². The number of esters is 1. The lowest BCUT2D eigenvalue weighted by Crippen LogP contribution is -2.42. The van der Waals surface area contributed by atoms with Gasteiger partial charge in [-0.2, -0.15) is 0 Å². The van der Waals surface area contributed by atoms with Gasteiger partial charge in [0.15, 0.2) is 5.79 Å². The summed E-state index contributed by atoms with van der Waals surface area (Å²) in [5.41, 5.74) is 1.19. The van der Waals surface area contributed by atoms with Crippen molar-refractivity contribution in [2.75, 3.05) is 24.5 Å². The van der Waals surface area contributed by atoms with Crippen LogP contribution >= 0.6 is 0 Å². The van der Waals surface area contributed by atoms with Crippen LogP contribution in [0.2, 0.25) is 0 Å². The van der Waals surface area contributed by atoms with E-state index in [2.05, 4.69) is 4.72 Å². The van der Waals surface area contributed by atoms with Crippen molar-refractivity contribution >= 4 is 21.7 Å². The first-order valence-corrected chi connectivity index (χ1v) is 11.4. The van der Waals surface area contributed by atoms with Crippen molar-refractivity contribution < 1.29 is 27.4 Å². The number of carbonyl (C=O) groups excluding carboxylic acids is 1. The quantitative estimate of drug-likeness (QED) is 0.732. The molecule has 3 rings (SSSR count). The van der Waals surface area contributed by atoms with Gasteiger partial charge in [0.1, 0.15) is 5.25 Å². The molecule has 1 aliphatic heterocycles. The lowest BCUT2D eigenvalue weighted by Gasteiger charge is -2.33. The predicted molar refractivity (Wildman–Crippen MR) is 110 cm³/mol. The van der Waals surface area contributed by atoms with Crippen LogP contribution < -0.4 is 4.72 Å². The van der Waals surface area contributed by atoms with E-state index in [1.807, 2.05) is 32.9 Å². The summed E-state index contributed by atoms with van der Waals surface area (Å²) in [6.07, 6.45) is 2.03. The third-order valence-corrected chi connectivity index (χ3v) is 6.87. The van der Waals surface area contributed by atoms with Crippen LogP contribution in [0.5, 0.6) is 0 Å². The lowest BCUT2D eigenvalue weighted by molar-refractivity contribution is -0.143. The molecule has 1 aromatic carbocycles. The Bertz CT molecular complexity index is 894. The molecule has 1 fully saturated rings. The van der Waals surface area contributed by atoms with Crippen molar-refractivity contribution in [1.82, 2.24) is 0 Å². The molecule has 29 heavy (non-hydrogen) atoms. The molecule has 0 amide bonds. The van der Waals surface area contributed by atoms with Crippen molar-refractivity contribution in [3.63, 3.8) is 0 Å². The highest BCUT2D eigenvalue weighted by Crippen LogP contribution is 2.38. The molecule has 160 valence electrons. The smallest absolute Gasteiger partial charge is 0.335 e. The molecule has 2 aliphatic rings. The Hall–Kier alpha value is -1.90. The van der Waals surface area contributed by atoms with Gasteiger partial charge in [0, 0.05) is 6.42 Å². The van der Waals surface area contributed by atoms with Gasteiger partial charge < -0.3 is 14.2 Å². The van der Waals surface area contributed by atoms with Crippen LogP contribution in [0.15, 0.2) is 35.9 Å². The largest absolute Gasteiger partial charge is 0.463 e. The highest BCUT2D eigenvalue weighted by Gasteiger charge is 2.46. The first-order valence-electron chi connectivity index (χ1n) is 9.87. The maximum atomic E-state index is 13.3. The van der Waals surface area contributed by atoms with E-state index in [0.29, 0.717) is 25.3 Å². The van der Waals surface area contributed by atoms with E-state index in [1.165, 1.54) is 6.08 Å². The fourth-order valence-corrected chi connectivity index (χ4v) is 5.32. The van der Waals surface area contributed by atoms with Gasteiger partial charge in [-0.15, -0.1) is 0 Å². The molecule has 8 heteroatoms. The number of sulfonamides is 1. The predicted octanol–water partition coefficient (Wildman–Crippen LogP) is 3.12. The van der Waals surface area contributed by atoms with Crippen LogP contribution in [0.1, 0.15) is 46.1 Å². The van der Waals surface area contributed by atoms with E-state index >= 15 is 0 Å². The molecular weight excluding hydrogens is 394 g/mol. The molecule has 1 aliphatic carbocycles. The van der Waals surface area contributed by atoms with Crippen LogP contribution in [-0.4, -0.2) is 45.2 Å².